The first kappa shape index (κ1) is 16.3. The number of nitrogens with one attached hydrogen (secondary N) is 1. The van der Waals surface area contributed by atoms with Crippen molar-refractivity contribution in [2.24, 2.45) is 11.7 Å². The second kappa shape index (κ2) is 7.26. The fourth-order valence-corrected chi connectivity index (χ4v) is 2.76. The Balaban J connectivity index is 1.86. The Morgan fingerprint density at radius 1 is 1.36 bits per heavy atom. The minimum Gasteiger partial charge on any atom is -0.497 e. The zero-order valence-corrected chi connectivity index (χ0v) is 13.0. The van der Waals surface area contributed by atoms with Crippen molar-refractivity contribution in [3.63, 3.8) is 0 Å². The van der Waals surface area contributed by atoms with Crippen LogP contribution in [0, 0.1) is 5.92 Å². The molecule has 1 aromatic rings. The Kier molecular flexibility index (Phi) is 5.38. The summed E-state index contributed by atoms with van der Waals surface area (Å²) in [4.78, 5) is 26.0. The smallest absolute Gasteiger partial charge is 0.251 e. The molecular formula is C16H23N3O3. The van der Waals surface area contributed by atoms with E-state index in [1.54, 1.807) is 36.3 Å². The van der Waals surface area contributed by atoms with Gasteiger partial charge in [-0.25, -0.2) is 0 Å². The Morgan fingerprint density at radius 3 is 2.59 bits per heavy atom. The molecule has 3 N–H and O–H groups in total. The molecule has 0 aromatic heterocycles. The lowest BCUT2D eigenvalue weighted by Gasteiger charge is -2.21. The molecule has 1 aliphatic rings. The molecule has 2 unspecified atom stereocenters. The van der Waals surface area contributed by atoms with Gasteiger partial charge in [-0.1, -0.05) is 0 Å². The molecule has 0 saturated carbocycles. The Bertz CT molecular complexity index is 530. The molecule has 0 radical (unpaired) electrons. The molecule has 1 heterocycles. The summed E-state index contributed by atoms with van der Waals surface area (Å²) in [7, 11) is 1.57. The van der Waals surface area contributed by atoms with E-state index in [1.165, 1.54) is 0 Å². The van der Waals surface area contributed by atoms with Crippen LogP contribution >= 0.6 is 0 Å². The molecule has 1 aliphatic heterocycles. The van der Waals surface area contributed by atoms with E-state index >= 15 is 0 Å². The highest BCUT2D eigenvalue weighted by atomic mass is 16.5. The van der Waals surface area contributed by atoms with Gasteiger partial charge in [0.25, 0.3) is 5.91 Å². The first-order chi connectivity index (χ1) is 10.5. The van der Waals surface area contributed by atoms with Crippen LogP contribution in [0.2, 0.25) is 0 Å². The largest absolute Gasteiger partial charge is 0.497 e. The molecule has 2 amide bonds. The molecular weight excluding hydrogens is 282 g/mol. The van der Waals surface area contributed by atoms with E-state index in [1.807, 2.05) is 6.92 Å². The van der Waals surface area contributed by atoms with E-state index in [-0.39, 0.29) is 24.4 Å². The van der Waals surface area contributed by atoms with Crippen molar-refractivity contribution in [3.05, 3.63) is 29.8 Å². The summed E-state index contributed by atoms with van der Waals surface area (Å²) < 4.78 is 5.04. The van der Waals surface area contributed by atoms with Gasteiger partial charge >= 0.3 is 0 Å². The van der Waals surface area contributed by atoms with Crippen LogP contribution < -0.4 is 15.8 Å². The standard InChI is InChI=1S/C16H23N3O3/c1-11-7-12(8-17)10-19(11)15(20)9-18-16(21)13-3-5-14(22-2)6-4-13/h3-6,11-12H,7-10,17H2,1-2H3,(H,18,21). The lowest BCUT2D eigenvalue weighted by Crippen LogP contribution is -2.42. The van der Waals surface area contributed by atoms with E-state index in [9.17, 15) is 9.59 Å². The summed E-state index contributed by atoms with van der Waals surface area (Å²) in [6.45, 7) is 3.28. The maximum atomic E-state index is 12.2. The van der Waals surface area contributed by atoms with Crippen molar-refractivity contribution in [2.75, 3.05) is 26.7 Å². The van der Waals surface area contributed by atoms with Crippen molar-refractivity contribution < 1.29 is 14.3 Å². The van der Waals surface area contributed by atoms with E-state index in [2.05, 4.69) is 5.32 Å². The van der Waals surface area contributed by atoms with Crippen LogP contribution in [0.15, 0.2) is 24.3 Å². The number of methoxy groups -OCH3 is 1. The van der Waals surface area contributed by atoms with Crippen molar-refractivity contribution in [2.45, 2.75) is 19.4 Å². The third-order valence-corrected chi connectivity index (χ3v) is 4.07. The predicted octanol–water partition coefficient (Wildman–Crippen LogP) is 0.621. The average Bonchev–Trinajstić information content (AvgIpc) is 2.93. The maximum Gasteiger partial charge on any atom is 0.251 e. The number of hydrogen-bond acceptors (Lipinski definition) is 4. The molecule has 0 aliphatic carbocycles. The predicted molar refractivity (Wildman–Crippen MR) is 83.7 cm³/mol. The SMILES string of the molecule is COc1ccc(C(=O)NCC(=O)N2CC(CN)CC2C)cc1. The Morgan fingerprint density at radius 2 is 2.05 bits per heavy atom. The third kappa shape index (κ3) is 3.76. The first-order valence-corrected chi connectivity index (χ1v) is 7.47. The van der Waals surface area contributed by atoms with Crippen LogP contribution in [0.4, 0.5) is 0 Å². The van der Waals surface area contributed by atoms with Gasteiger partial charge in [-0.05, 0) is 50.1 Å². The van der Waals surface area contributed by atoms with Crippen LogP contribution in [0.1, 0.15) is 23.7 Å². The van der Waals surface area contributed by atoms with Crippen molar-refractivity contribution >= 4 is 11.8 Å². The van der Waals surface area contributed by atoms with E-state index in [0.29, 0.717) is 30.3 Å². The van der Waals surface area contributed by atoms with Gasteiger partial charge in [-0.3, -0.25) is 9.59 Å². The zero-order valence-electron chi connectivity index (χ0n) is 13.0. The van der Waals surface area contributed by atoms with Gasteiger partial charge in [-0.15, -0.1) is 0 Å². The molecule has 1 fully saturated rings. The fraction of sp³-hybridized carbons (Fsp3) is 0.500. The molecule has 120 valence electrons. The summed E-state index contributed by atoms with van der Waals surface area (Å²) >= 11 is 0. The number of hydrogen-bond donors (Lipinski definition) is 2. The monoisotopic (exact) mass is 305 g/mol. The van der Waals surface area contributed by atoms with Gasteiger partial charge in [0.2, 0.25) is 5.91 Å². The fourth-order valence-electron chi connectivity index (χ4n) is 2.76. The Hall–Kier alpha value is -2.08. The Labute approximate surface area is 130 Å². The van der Waals surface area contributed by atoms with Crippen molar-refractivity contribution in [1.82, 2.24) is 10.2 Å². The number of ether oxygens (including phenoxy) is 1. The van der Waals surface area contributed by atoms with Crippen LogP contribution in [0.5, 0.6) is 5.75 Å². The van der Waals surface area contributed by atoms with Gasteiger partial charge in [0, 0.05) is 18.2 Å². The minimum atomic E-state index is -0.266. The quantitative estimate of drug-likeness (QED) is 0.835. The normalized spacial score (nSPS) is 20.8. The van der Waals surface area contributed by atoms with Crippen LogP contribution in [0.3, 0.4) is 0 Å². The number of amides is 2. The number of nitrogens with zero attached hydrogens (tertiary/aromatic N) is 1. The molecule has 22 heavy (non-hydrogen) atoms. The van der Waals surface area contributed by atoms with Crippen LogP contribution in [0.25, 0.3) is 0 Å². The van der Waals surface area contributed by atoms with E-state index < -0.39 is 0 Å². The number of likely N-dealkylation sites (tertiary alicyclic amines) is 1. The number of carbonyl (C=O) groups excluding carboxylic acids is 2. The van der Waals surface area contributed by atoms with Gasteiger partial charge in [0.1, 0.15) is 5.75 Å². The lowest BCUT2D eigenvalue weighted by atomic mass is 10.1. The number of rotatable bonds is 5. The van der Waals surface area contributed by atoms with E-state index in [4.69, 9.17) is 10.5 Å². The third-order valence-electron chi connectivity index (χ3n) is 4.07. The van der Waals surface area contributed by atoms with E-state index in [0.717, 1.165) is 6.42 Å². The van der Waals surface area contributed by atoms with Crippen molar-refractivity contribution in [1.29, 1.82) is 0 Å². The van der Waals surface area contributed by atoms with Gasteiger partial charge in [0.15, 0.2) is 0 Å². The average molecular weight is 305 g/mol. The molecule has 6 nitrogen and oxygen atoms in total. The van der Waals surface area contributed by atoms with Crippen LogP contribution in [-0.4, -0.2) is 49.5 Å². The molecule has 2 rings (SSSR count). The van der Waals surface area contributed by atoms with Crippen molar-refractivity contribution in [3.8, 4) is 5.75 Å². The van der Waals surface area contributed by atoms with Gasteiger partial charge < -0.3 is 20.7 Å². The molecule has 0 bridgehead atoms. The molecule has 1 saturated heterocycles. The summed E-state index contributed by atoms with van der Waals surface area (Å²) in [5.41, 5.74) is 6.16. The van der Waals surface area contributed by atoms with Crippen LogP contribution in [-0.2, 0) is 4.79 Å². The number of carbonyl (C=O) groups is 2. The highest BCUT2D eigenvalue weighted by Gasteiger charge is 2.31. The summed E-state index contributed by atoms with van der Waals surface area (Å²) in [5, 5.41) is 2.66. The highest BCUT2D eigenvalue weighted by molar-refractivity contribution is 5.96. The highest BCUT2D eigenvalue weighted by Crippen LogP contribution is 2.21. The lowest BCUT2D eigenvalue weighted by molar-refractivity contribution is -0.130. The summed E-state index contributed by atoms with van der Waals surface area (Å²) in [6.07, 6.45) is 0.925. The second-order valence-corrected chi connectivity index (χ2v) is 5.64. The second-order valence-electron chi connectivity index (χ2n) is 5.64. The first-order valence-electron chi connectivity index (χ1n) is 7.47. The topological polar surface area (TPSA) is 84.7 Å². The maximum absolute atomic E-state index is 12.2. The van der Waals surface area contributed by atoms with Gasteiger partial charge in [-0.2, -0.15) is 0 Å². The molecule has 2 atom stereocenters. The number of benzene rings is 1. The number of nitrogens with two attached hydrogens (primary N) is 1. The molecule has 0 spiro atoms. The zero-order chi connectivity index (χ0) is 16.1. The summed E-state index contributed by atoms with van der Waals surface area (Å²) in [5.74, 6) is 0.714. The van der Waals surface area contributed by atoms with Gasteiger partial charge in [0.05, 0.1) is 13.7 Å². The molecule has 6 heteroatoms. The minimum absolute atomic E-state index is 0.00644. The summed E-state index contributed by atoms with van der Waals surface area (Å²) in [6, 6.07) is 6.94. The molecule has 1 aromatic carbocycles.